The lowest BCUT2D eigenvalue weighted by Crippen LogP contribution is -1.92. The molecule has 88 valence electrons. The normalized spacial score (nSPS) is 10.8. The van der Waals surface area contributed by atoms with E-state index in [4.69, 9.17) is 0 Å². The largest absolute Gasteiger partial charge is 0.237 e. The highest BCUT2D eigenvalue weighted by Gasteiger charge is 2.01. The molecule has 2 nitrogen and oxygen atoms in total. The van der Waals surface area contributed by atoms with E-state index in [1.54, 1.807) is 12.4 Å². The Kier molecular flexibility index (Phi) is 3.86. The van der Waals surface area contributed by atoms with Gasteiger partial charge in [-0.05, 0) is 30.4 Å². The fourth-order valence-electron chi connectivity index (χ4n) is 1.72. The van der Waals surface area contributed by atoms with Gasteiger partial charge in [-0.1, -0.05) is 38.1 Å². The Morgan fingerprint density at radius 1 is 1.00 bits per heavy atom. The zero-order chi connectivity index (χ0) is 12.1. The first-order valence-electron chi connectivity index (χ1n) is 6.12. The molecule has 0 aliphatic rings. The Bertz CT molecular complexity index is 446. The zero-order valence-corrected chi connectivity index (χ0v) is 10.4. The lowest BCUT2D eigenvalue weighted by Gasteiger charge is -2.05. The Balaban J connectivity index is 2.08. The van der Waals surface area contributed by atoms with Crippen LogP contribution in [0.15, 0.2) is 42.7 Å². The van der Waals surface area contributed by atoms with E-state index < -0.39 is 0 Å². The summed E-state index contributed by atoms with van der Waals surface area (Å²) >= 11 is 0. The summed E-state index contributed by atoms with van der Waals surface area (Å²) < 4.78 is 0. The van der Waals surface area contributed by atoms with Crippen LogP contribution in [0.1, 0.15) is 25.8 Å². The second-order valence-electron chi connectivity index (χ2n) is 4.70. The third-order valence-corrected chi connectivity index (χ3v) is 2.79. The van der Waals surface area contributed by atoms with Crippen LogP contribution >= 0.6 is 0 Å². The summed E-state index contributed by atoms with van der Waals surface area (Å²) in [6.45, 7) is 4.51. The first-order chi connectivity index (χ1) is 8.25. The van der Waals surface area contributed by atoms with Gasteiger partial charge in [0, 0.05) is 18.0 Å². The maximum Gasteiger partial charge on any atom is 0.159 e. The minimum Gasteiger partial charge on any atom is -0.237 e. The fourth-order valence-corrected chi connectivity index (χ4v) is 1.72. The summed E-state index contributed by atoms with van der Waals surface area (Å²) in [6.07, 6.45) is 5.93. The maximum atomic E-state index is 4.24. The summed E-state index contributed by atoms with van der Waals surface area (Å²) in [5.41, 5.74) is 2.47. The predicted octanol–water partition coefficient (Wildman–Crippen LogP) is 3.73. The molecule has 0 N–H and O–H groups in total. The van der Waals surface area contributed by atoms with Gasteiger partial charge < -0.3 is 0 Å². The summed E-state index contributed by atoms with van der Waals surface area (Å²) in [7, 11) is 0. The first kappa shape index (κ1) is 11.8. The Morgan fingerprint density at radius 3 is 2.24 bits per heavy atom. The Morgan fingerprint density at radius 2 is 1.65 bits per heavy atom. The third-order valence-electron chi connectivity index (χ3n) is 2.79. The molecule has 0 saturated heterocycles. The average Bonchev–Trinajstić information content (AvgIpc) is 2.38. The number of aromatic nitrogens is 2. The molecule has 0 aliphatic carbocycles. The predicted molar refractivity (Wildman–Crippen MR) is 70.6 cm³/mol. The van der Waals surface area contributed by atoms with Gasteiger partial charge in [-0.2, -0.15) is 0 Å². The molecule has 0 unspecified atom stereocenters. The number of benzene rings is 1. The van der Waals surface area contributed by atoms with E-state index in [2.05, 4.69) is 48.1 Å². The smallest absolute Gasteiger partial charge is 0.159 e. The van der Waals surface area contributed by atoms with Gasteiger partial charge in [0.05, 0.1) is 0 Å². The molecule has 2 aromatic rings. The van der Waals surface area contributed by atoms with E-state index in [9.17, 15) is 0 Å². The Hall–Kier alpha value is -1.70. The van der Waals surface area contributed by atoms with Crippen molar-refractivity contribution >= 4 is 0 Å². The van der Waals surface area contributed by atoms with Crippen LogP contribution in [0.25, 0.3) is 11.4 Å². The molecule has 0 saturated carbocycles. The minimum atomic E-state index is 0.757. The van der Waals surface area contributed by atoms with E-state index in [0.717, 1.165) is 23.7 Å². The van der Waals surface area contributed by atoms with Gasteiger partial charge in [-0.15, -0.1) is 0 Å². The van der Waals surface area contributed by atoms with Crippen LogP contribution in [0.5, 0.6) is 0 Å². The van der Waals surface area contributed by atoms with Crippen LogP contribution in [-0.4, -0.2) is 9.97 Å². The molecule has 0 atom stereocenters. The van der Waals surface area contributed by atoms with Crippen LogP contribution in [0.3, 0.4) is 0 Å². The molecule has 2 heteroatoms. The van der Waals surface area contributed by atoms with E-state index in [-0.39, 0.29) is 0 Å². The summed E-state index contributed by atoms with van der Waals surface area (Å²) in [6, 6.07) is 10.4. The van der Waals surface area contributed by atoms with Crippen molar-refractivity contribution in [2.24, 2.45) is 5.92 Å². The minimum absolute atomic E-state index is 0.757. The summed E-state index contributed by atoms with van der Waals surface area (Å²) in [5, 5.41) is 0. The highest BCUT2D eigenvalue weighted by molar-refractivity contribution is 5.54. The number of hydrogen-bond donors (Lipinski definition) is 0. The quantitative estimate of drug-likeness (QED) is 0.793. The zero-order valence-electron chi connectivity index (χ0n) is 10.4. The van der Waals surface area contributed by atoms with Crippen molar-refractivity contribution in [3.8, 4) is 11.4 Å². The molecule has 17 heavy (non-hydrogen) atoms. The second-order valence-corrected chi connectivity index (χ2v) is 4.70. The lowest BCUT2D eigenvalue weighted by atomic mass is 10.0. The van der Waals surface area contributed by atoms with Crippen LogP contribution in [-0.2, 0) is 6.42 Å². The van der Waals surface area contributed by atoms with Crippen LogP contribution < -0.4 is 0 Å². The second kappa shape index (κ2) is 5.58. The molecule has 0 fully saturated rings. The molecular weight excluding hydrogens is 208 g/mol. The molecule has 1 heterocycles. The van der Waals surface area contributed by atoms with Crippen LogP contribution in [0, 0.1) is 5.92 Å². The summed E-state index contributed by atoms with van der Waals surface area (Å²) in [4.78, 5) is 8.48. The average molecular weight is 226 g/mol. The van der Waals surface area contributed by atoms with E-state index in [1.807, 2.05) is 6.07 Å². The van der Waals surface area contributed by atoms with Crippen molar-refractivity contribution in [1.29, 1.82) is 0 Å². The molecule has 2 rings (SSSR count). The van der Waals surface area contributed by atoms with E-state index in [0.29, 0.717) is 0 Å². The van der Waals surface area contributed by atoms with Crippen LogP contribution in [0.2, 0.25) is 0 Å². The first-order valence-corrected chi connectivity index (χ1v) is 6.12. The van der Waals surface area contributed by atoms with Gasteiger partial charge in [0.15, 0.2) is 5.82 Å². The fraction of sp³-hybridized carbons (Fsp3) is 0.333. The van der Waals surface area contributed by atoms with E-state index in [1.165, 1.54) is 12.0 Å². The molecule has 0 bridgehead atoms. The van der Waals surface area contributed by atoms with Crippen molar-refractivity contribution in [3.05, 3.63) is 48.3 Å². The molecule has 0 spiro atoms. The molecular formula is C15H18N2. The molecule has 0 radical (unpaired) electrons. The monoisotopic (exact) mass is 226 g/mol. The van der Waals surface area contributed by atoms with Crippen molar-refractivity contribution in [1.82, 2.24) is 9.97 Å². The Labute approximate surface area is 103 Å². The van der Waals surface area contributed by atoms with E-state index >= 15 is 0 Å². The number of rotatable bonds is 4. The highest BCUT2D eigenvalue weighted by atomic mass is 14.8. The number of aryl methyl sites for hydroxylation is 1. The molecule has 0 aliphatic heterocycles. The topological polar surface area (TPSA) is 25.8 Å². The lowest BCUT2D eigenvalue weighted by molar-refractivity contribution is 0.587. The third kappa shape index (κ3) is 3.38. The maximum absolute atomic E-state index is 4.24. The van der Waals surface area contributed by atoms with Crippen molar-refractivity contribution in [3.63, 3.8) is 0 Å². The number of nitrogens with zero attached hydrogens (tertiary/aromatic N) is 2. The van der Waals surface area contributed by atoms with Gasteiger partial charge in [0.25, 0.3) is 0 Å². The SMILES string of the molecule is CC(C)CCc1ccc(-c2ncccn2)cc1. The summed E-state index contributed by atoms with van der Waals surface area (Å²) in [5.74, 6) is 1.55. The van der Waals surface area contributed by atoms with Crippen molar-refractivity contribution in [2.75, 3.05) is 0 Å². The van der Waals surface area contributed by atoms with Crippen LogP contribution in [0.4, 0.5) is 0 Å². The van der Waals surface area contributed by atoms with Gasteiger partial charge in [-0.25, -0.2) is 9.97 Å². The molecule has 1 aromatic carbocycles. The molecule has 0 amide bonds. The van der Waals surface area contributed by atoms with Crippen molar-refractivity contribution < 1.29 is 0 Å². The highest BCUT2D eigenvalue weighted by Crippen LogP contribution is 2.16. The van der Waals surface area contributed by atoms with Gasteiger partial charge in [0.2, 0.25) is 0 Å². The van der Waals surface area contributed by atoms with Crippen molar-refractivity contribution in [2.45, 2.75) is 26.7 Å². The standard InChI is InChI=1S/C15H18N2/c1-12(2)4-5-13-6-8-14(9-7-13)15-16-10-3-11-17-15/h3,6-12H,4-5H2,1-2H3. The number of hydrogen-bond acceptors (Lipinski definition) is 2. The molecule has 1 aromatic heterocycles. The van der Waals surface area contributed by atoms with Gasteiger partial charge in [0.1, 0.15) is 0 Å². The van der Waals surface area contributed by atoms with Gasteiger partial charge in [-0.3, -0.25) is 0 Å². The van der Waals surface area contributed by atoms with Gasteiger partial charge >= 0.3 is 0 Å².